The van der Waals surface area contributed by atoms with Gasteiger partial charge < -0.3 is 9.94 Å². The van der Waals surface area contributed by atoms with Gasteiger partial charge in [-0.05, 0) is 12.1 Å². The van der Waals surface area contributed by atoms with Crippen LogP contribution in [0.2, 0.25) is 5.15 Å². The standard InChI is InChI=1S/C8H7ClN2O3/c1-14-8(12)6-3-2-5(4-10-13)11-7(6)9/h2-4,13H,1H3/b10-4+. The lowest BCUT2D eigenvalue weighted by molar-refractivity contribution is 0.0600. The highest BCUT2D eigenvalue weighted by Crippen LogP contribution is 2.13. The number of hydrogen-bond acceptors (Lipinski definition) is 5. The number of methoxy groups -OCH3 is 1. The summed E-state index contributed by atoms with van der Waals surface area (Å²) in [5, 5.41) is 11.0. The lowest BCUT2D eigenvalue weighted by Crippen LogP contribution is -2.04. The molecule has 0 atom stereocenters. The van der Waals surface area contributed by atoms with Gasteiger partial charge >= 0.3 is 5.97 Å². The summed E-state index contributed by atoms with van der Waals surface area (Å²) in [7, 11) is 1.25. The minimum absolute atomic E-state index is 0.00856. The van der Waals surface area contributed by atoms with E-state index in [1.54, 1.807) is 0 Å². The molecule has 6 heteroatoms. The van der Waals surface area contributed by atoms with Crippen LogP contribution < -0.4 is 0 Å². The van der Waals surface area contributed by atoms with E-state index in [2.05, 4.69) is 14.9 Å². The normalized spacial score (nSPS) is 10.4. The third kappa shape index (κ3) is 2.20. The average molecular weight is 215 g/mol. The van der Waals surface area contributed by atoms with Crippen molar-refractivity contribution in [2.24, 2.45) is 5.16 Å². The maximum atomic E-state index is 11.1. The minimum atomic E-state index is -0.560. The van der Waals surface area contributed by atoms with Crippen LogP contribution >= 0.6 is 11.6 Å². The quantitative estimate of drug-likeness (QED) is 0.265. The monoisotopic (exact) mass is 214 g/mol. The summed E-state index contributed by atoms with van der Waals surface area (Å²) >= 11 is 5.68. The van der Waals surface area contributed by atoms with Gasteiger partial charge in [0.25, 0.3) is 0 Å². The number of esters is 1. The number of carbonyl (C=O) groups is 1. The number of nitrogens with zero attached hydrogens (tertiary/aromatic N) is 2. The molecule has 0 bridgehead atoms. The van der Waals surface area contributed by atoms with Crippen LogP contribution in [-0.2, 0) is 4.74 Å². The van der Waals surface area contributed by atoms with Crippen LogP contribution in [0.1, 0.15) is 16.1 Å². The molecule has 0 saturated carbocycles. The fourth-order valence-electron chi connectivity index (χ4n) is 0.842. The summed E-state index contributed by atoms with van der Waals surface area (Å²) in [6, 6.07) is 2.93. The second-order valence-electron chi connectivity index (χ2n) is 2.31. The number of oxime groups is 1. The molecule has 0 aliphatic rings. The molecular weight excluding hydrogens is 208 g/mol. The molecular formula is C8H7ClN2O3. The maximum Gasteiger partial charge on any atom is 0.341 e. The lowest BCUT2D eigenvalue weighted by Gasteiger charge is -2.01. The Morgan fingerprint density at radius 2 is 2.43 bits per heavy atom. The fraction of sp³-hybridized carbons (Fsp3) is 0.125. The molecule has 0 radical (unpaired) electrons. The fourth-order valence-corrected chi connectivity index (χ4v) is 1.08. The SMILES string of the molecule is COC(=O)c1ccc(/C=N/O)nc1Cl. The van der Waals surface area contributed by atoms with E-state index in [4.69, 9.17) is 16.8 Å². The Hall–Kier alpha value is -1.62. The number of aromatic nitrogens is 1. The first-order chi connectivity index (χ1) is 6.69. The van der Waals surface area contributed by atoms with E-state index in [9.17, 15) is 4.79 Å². The van der Waals surface area contributed by atoms with Crippen LogP contribution in [0.3, 0.4) is 0 Å². The zero-order valence-corrected chi connectivity index (χ0v) is 8.02. The first-order valence-electron chi connectivity index (χ1n) is 3.61. The van der Waals surface area contributed by atoms with Gasteiger partial charge in [0.2, 0.25) is 0 Å². The summed E-state index contributed by atoms with van der Waals surface area (Å²) in [6.07, 6.45) is 1.10. The Morgan fingerprint density at radius 1 is 1.71 bits per heavy atom. The molecule has 5 nitrogen and oxygen atoms in total. The Kier molecular flexibility index (Phi) is 3.41. The van der Waals surface area contributed by atoms with Crippen molar-refractivity contribution in [1.82, 2.24) is 4.98 Å². The van der Waals surface area contributed by atoms with Crippen LogP contribution in [0.25, 0.3) is 0 Å². The topological polar surface area (TPSA) is 71.8 Å². The Labute approximate surface area is 85.0 Å². The van der Waals surface area contributed by atoms with Gasteiger partial charge in [-0.1, -0.05) is 16.8 Å². The Balaban J connectivity index is 3.07. The van der Waals surface area contributed by atoms with E-state index in [0.717, 1.165) is 6.21 Å². The van der Waals surface area contributed by atoms with Gasteiger partial charge in [-0.2, -0.15) is 0 Å². The van der Waals surface area contributed by atoms with Crippen LogP contribution in [0.5, 0.6) is 0 Å². The predicted octanol–water partition coefficient (Wildman–Crippen LogP) is 1.33. The summed E-state index contributed by atoms with van der Waals surface area (Å²) in [5.74, 6) is -0.560. The molecule has 0 unspecified atom stereocenters. The molecule has 0 aliphatic heterocycles. The number of hydrogen-bond donors (Lipinski definition) is 1. The van der Waals surface area contributed by atoms with Crippen LogP contribution in [0.4, 0.5) is 0 Å². The van der Waals surface area contributed by atoms with Crippen molar-refractivity contribution >= 4 is 23.8 Å². The van der Waals surface area contributed by atoms with Gasteiger partial charge in [0.15, 0.2) is 0 Å². The van der Waals surface area contributed by atoms with Crippen LogP contribution in [0.15, 0.2) is 17.3 Å². The highest BCUT2D eigenvalue weighted by molar-refractivity contribution is 6.32. The molecule has 1 N–H and O–H groups in total. The molecule has 74 valence electrons. The first-order valence-corrected chi connectivity index (χ1v) is 3.99. The molecule has 0 fully saturated rings. The molecule has 0 amide bonds. The van der Waals surface area contributed by atoms with Crippen molar-refractivity contribution in [2.75, 3.05) is 7.11 Å². The number of halogens is 1. The van der Waals surface area contributed by atoms with Crippen LogP contribution in [-0.4, -0.2) is 29.5 Å². The summed E-state index contributed by atoms with van der Waals surface area (Å²) in [5.41, 5.74) is 0.523. The molecule has 1 aromatic rings. The second kappa shape index (κ2) is 4.57. The first kappa shape index (κ1) is 10.5. The number of pyridine rings is 1. The third-order valence-electron chi connectivity index (χ3n) is 1.47. The maximum absolute atomic E-state index is 11.1. The zero-order chi connectivity index (χ0) is 10.6. The highest BCUT2D eigenvalue weighted by atomic mass is 35.5. The summed E-state index contributed by atoms with van der Waals surface area (Å²) in [6.45, 7) is 0. The van der Waals surface area contributed by atoms with Crippen molar-refractivity contribution in [3.8, 4) is 0 Å². The largest absolute Gasteiger partial charge is 0.465 e. The van der Waals surface area contributed by atoms with Gasteiger partial charge in [-0.3, -0.25) is 0 Å². The summed E-state index contributed by atoms with van der Waals surface area (Å²) in [4.78, 5) is 14.9. The van der Waals surface area contributed by atoms with E-state index >= 15 is 0 Å². The van der Waals surface area contributed by atoms with E-state index in [-0.39, 0.29) is 10.7 Å². The lowest BCUT2D eigenvalue weighted by atomic mass is 10.2. The summed E-state index contributed by atoms with van der Waals surface area (Å²) < 4.78 is 4.47. The minimum Gasteiger partial charge on any atom is -0.465 e. The molecule has 1 rings (SSSR count). The van der Waals surface area contributed by atoms with E-state index in [1.807, 2.05) is 0 Å². The van der Waals surface area contributed by atoms with E-state index in [0.29, 0.717) is 5.69 Å². The average Bonchev–Trinajstić information content (AvgIpc) is 2.17. The van der Waals surface area contributed by atoms with Gasteiger partial charge in [-0.15, -0.1) is 0 Å². The molecule has 0 aromatic carbocycles. The van der Waals surface area contributed by atoms with Gasteiger partial charge in [0.1, 0.15) is 5.15 Å². The Bertz CT molecular complexity index is 379. The zero-order valence-electron chi connectivity index (χ0n) is 7.27. The number of rotatable bonds is 2. The van der Waals surface area contributed by atoms with Crippen molar-refractivity contribution < 1.29 is 14.7 Å². The van der Waals surface area contributed by atoms with E-state index in [1.165, 1.54) is 19.2 Å². The van der Waals surface area contributed by atoms with Crippen LogP contribution in [0, 0.1) is 0 Å². The van der Waals surface area contributed by atoms with Crippen molar-refractivity contribution in [3.63, 3.8) is 0 Å². The highest BCUT2D eigenvalue weighted by Gasteiger charge is 2.11. The van der Waals surface area contributed by atoms with Gasteiger partial charge in [0.05, 0.1) is 24.6 Å². The number of carbonyl (C=O) groups excluding carboxylic acids is 1. The Morgan fingerprint density at radius 3 is 2.93 bits per heavy atom. The molecule has 1 aromatic heterocycles. The second-order valence-corrected chi connectivity index (χ2v) is 2.67. The van der Waals surface area contributed by atoms with Gasteiger partial charge in [-0.25, -0.2) is 9.78 Å². The number of ether oxygens (including phenoxy) is 1. The molecule has 0 aliphatic carbocycles. The smallest absolute Gasteiger partial charge is 0.341 e. The van der Waals surface area contributed by atoms with Crippen molar-refractivity contribution in [3.05, 3.63) is 28.5 Å². The molecule has 0 saturated heterocycles. The predicted molar refractivity (Wildman–Crippen MR) is 50.0 cm³/mol. The van der Waals surface area contributed by atoms with Gasteiger partial charge in [0, 0.05) is 0 Å². The van der Waals surface area contributed by atoms with E-state index < -0.39 is 5.97 Å². The third-order valence-corrected chi connectivity index (χ3v) is 1.75. The molecule has 0 spiro atoms. The molecule has 14 heavy (non-hydrogen) atoms. The molecule has 1 heterocycles. The van der Waals surface area contributed by atoms with Crippen molar-refractivity contribution in [2.45, 2.75) is 0 Å². The van der Waals surface area contributed by atoms with Crippen molar-refractivity contribution in [1.29, 1.82) is 0 Å².